The average molecular weight is 171 g/mol. The van der Waals surface area contributed by atoms with Gasteiger partial charge in [0.25, 0.3) is 0 Å². The summed E-state index contributed by atoms with van der Waals surface area (Å²) >= 11 is 0. The Hall–Kier alpha value is -2.06. The number of ether oxygens (including phenoxy) is 1. The van der Waals surface area contributed by atoms with Gasteiger partial charge < -0.3 is 10.5 Å². The number of terminal acetylenes is 2. The van der Waals surface area contributed by atoms with Crippen LogP contribution in [0.2, 0.25) is 0 Å². The first kappa shape index (κ1) is 9.03. The third-order valence-electron chi connectivity index (χ3n) is 1.70. The van der Waals surface area contributed by atoms with E-state index in [1.807, 2.05) is 0 Å². The standard InChI is InChI=1S/C11H9NO/c1-4-8-6-10(13-3)7-9(5-2)11(8)12/h1-2,6-7H,12H2,3H3. The summed E-state index contributed by atoms with van der Waals surface area (Å²) in [5.74, 6) is 5.51. The van der Waals surface area contributed by atoms with E-state index >= 15 is 0 Å². The quantitative estimate of drug-likeness (QED) is 0.509. The molecule has 0 aromatic heterocycles. The summed E-state index contributed by atoms with van der Waals surface area (Å²) in [7, 11) is 1.55. The molecule has 2 heteroatoms. The second-order valence-electron chi connectivity index (χ2n) is 2.42. The Morgan fingerprint density at radius 3 is 2.00 bits per heavy atom. The highest BCUT2D eigenvalue weighted by Crippen LogP contribution is 2.23. The van der Waals surface area contributed by atoms with Crippen LogP contribution in [0.15, 0.2) is 12.1 Å². The molecule has 0 aliphatic heterocycles. The molecule has 13 heavy (non-hydrogen) atoms. The van der Waals surface area contributed by atoms with Gasteiger partial charge in [-0.15, -0.1) is 12.8 Å². The molecule has 0 radical (unpaired) electrons. The number of anilines is 1. The van der Waals surface area contributed by atoms with Crippen LogP contribution < -0.4 is 10.5 Å². The molecule has 0 saturated heterocycles. The first-order chi connectivity index (χ1) is 6.22. The molecule has 1 rings (SSSR count). The maximum absolute atomic E-state index is 5.69. The normalized spacial score (nSPS) is 8.54. The highest BCUT2D eigenvalue weighted by molar-refractivity contribution is 5.67. The van der Waals surface area contributed by atoms with Gasteiger partial charge in [-0.05, 0) is 12.1 Å². The Labute approximate surface area is 77.7 Å². The van der Waals surface area contributed by atoms with Crippen molar-refractivity contribution in [3.63, 3.8) is 0 Å². The van der Waals surface area contributed by atoms with Crippen molar-refractivity contribution in [3.05, 3.63) is 23.3 Å². The van der Waals surface area contributed by atoms with Gasteiger partial charge in [-0.25, -0.2) is 0 Å². The van der Waals surface area contributed by atoms with E-state index < -0.39 is 0 Å². The van der Waals surface area contributed by atoms with Crippen LogP contribution in [-0.2, 0) is 0 Å². The second kappa shape index (κ2) is 3.56. The van der Waals surface area contributed by atoms with Gasteiger partial charge in [0.2, 0.25) is 0 Å². The fourth-order valence-electron chi connectivity index (χ4n) is 0.983. The molecule has 0 unspecified atom stereocenters. The van der Waals surface area contributed by atoms with Crippen LogP contribution >= 0.6 is 0 Å². The Kier molecular flexibility index (Phi) is 2.47. The summed E-state index contributed by atoms with van der Waals surface area (Å²) in [6, 6.07) is 3.35. The Bertz CT molecular complexity index is 372. The summed E-state index contributed by atoms with van der Waals surface area (Å²) in [6.45, 7) is 0. The lowest BCUT2D eigenvalue weighted by atomic mass is 10.1. The zero-order valence-electron chi connectivity index (χ0n) is 7.29. The Morgan fingerprint density at radius 2 is 1.69 bits per heavy atom. The van der Waals surface area contributed by atoms with Gasteiger partial charge in [-0.1, -0.05) is 11.8 Å². The summed E-state index contributed by atoms with van der Waals surface area (Å²) in [4.78, 5) is 0. The number of hydrogen-bond acceptors (Lipinski definition) is 2. The molecule has 0 fully saturated rings. The number of hydrogen-bond donors (Lipinski definition) is 1. The van der Waals surface area contributed by atoms with Crippen molar-refractivity contribution in [3.8, 4) is 30.4 Å². The lowest BCUT2D eigenvalue weighted by Gasteiger charge is -2.05. The van der Waals surface area contributed by atoms with Gasteiger partial charge in [-0.3, -0.25) is 0 Å². The molecule has 2 nitrogen and oxygen atoms in total. The molecular weight excluding hydrogens is 162 g/mol. The monoisotopic (exact) mass is 171 g/mol. The first-order valence-corrected chi connectivity index (χ1v) is 3.63. The van der Waals surface area contributed by atoms with Crippen LogP contribution in [0.3, 0.4) is 0 Å². The zero-order valence-corrected chi connectivity index (χ0v) is 7.29. The van der Waals surface area contributed by atoms with E-state index in [1.54, 1.807) is 19.2 Å². The largest absolute Gasteiger partial charge is 0.497 e. The van der Waals surface area contributed by atoms with Crippen molar-refractivity contribution in [1.82, 2.24) is 0 Å². The number of nitrogen functional groups attached to an aromatic ring is 1. The number of rotatable bonds is 1. The fourth-order valence-corrected chi connectivity index (χ4v) is 0.983. The third-order valence-corrected chi connectivity index (χ3v) is 1.70. The van der Waals surface area contributed by atoms with Crippen LogP contribution in [0.25, 0.3) is 0 Å². The summed E-state index contributed by atoms with van der Waals surface area (Å²) in [5.41, 5.74) is 7.26. The van der Waals surface area contributed by atoms with E-state index in [0.717, 1.165) is 0 Å². The van der Waals surface area contributed by atoms with Crippen molar-refractivity contribution in [2.75, 3.05) is 12.8 Å². The topological polar surface area (TPSA) is 35.2 Å². The van der Waals surface area contributed by atoms with Gasteiger partial charge in [0.15, 0.2) is 0 Å². The van der Waals surface area contributed by atoms with Crippen LogP contribution in [-0.4, -0.2) is 7.11 Å². The molecule has 64 valence electrons. The molecule has 0 spiro atoms. The van der Waals surface area contributed by atoms with Crippen LogP contribution in [0.1, 0.15) is 11.1 Å². The van der Waals surface area contributed by atoms with Gasteiger partial charge in [0, 0.05) is 0 Å². The predicted molar refractivity (Wildman–Crippen MR) is 53.3 cm³/mol. The number of methoxy groups -OCH3 is 1. The van der Waals surface area contributed by atoms with E-state index in [2.05, 4.69) is 11.8 Å². The molecule has 0 saturated carbocycles. The third kappa shape index (κ3) is 1.58. The minimum absolute atomic E-state index is 0.450. The van der Waals surface area contributed by atoms with Crippen molar-refractivity contribution < 1.29 is 4.74 Å². The summed E-state index contributed by atoms with van der Waals surface area (Å²) in [6.07, 6.45) is 10.5. The molecular formula is C11H9NO. The summed E-state index contributed by atoms with van der Waals surface area (Å²) < 4.78 is 5.01. The lowest BCUT2D eigenvalue weighted by Crippen LogP contribution is -1.96. The first-order valence-electron chi connectivity index (χ1n) is 3.63. The van der Waals surface area contributed by atoms with E-state index in [9.17, 15) is 0 Å². The van der Waals surface area contributed by atoms with Gasteiger partial charge in [-0.2, -0.15) is 0 Å². The highest BCUT2D eigenvalue weighted by atomic mass is 16.5. The molecule has 0 amide bonds. The van der Waals surface area contributed by atoms with Crippen molar-refractivity contribution in [2.45, 2.75) is 0 Å². The number of nitrogens with two attached hydrogens (primary N) is 1. The van der Waals surface area contributed by atoms with E-state index in [1.165, 1.54) is 0 Å². The van der Waals surface area contributed by atoms with Crippen molar-refractivity contribution >= 4 is 5.69 Å². The average Bonchev–Trinajstić information content (AvgIpc) is 2.18. The Balaban J connectivity index is 3.42. The van der Waals surface area contributed by atoms with Crippen LogP contribution in [0.4, 0.5) is 5.69 Å². The van der Waals surface area contributed by atoms with Gasteiger partial charge >= 0.3 is 0 Å². The molecule has 1 aromatic carbocycles. The van der Waals surface area contributed by atoms with E-state index in [0.29, 0.717) is 22.6 Å². The smallest absolute Gasteiger partial charge is 0.121 e. The Morgan fingerprint density at radius 1 is 1.23 bits per heavy atom. The molecule has 0 aliphatic carbocycles. The summed E-state index contributed by atoms with van der Waals surface area (Å²) in [5, 5.41) is 0. The highest BCUT2D eigenvalue weighted by Gasteiger charge is 2.04. The van der Waals surface area contributed by atoms with E-state index in [4.69, 9.17) is 23.3 Å². The van der Waals surface area contributed by atoms with E-state index in [-0.39, 0.29) is 0 Å². The van der Waals surface area contributed by atoms with Gasteiger partial charge in [0.1, 0.15) is 5.75 Å². The number of benzene rings is 1. The SMILES string of the molecule is C#Cc1cc(OC)cc(C#C)c1N. The maximum Gasteiger partial charge on any atom is 0.121 e. The molecule has 2 N–H and O–H groups in total. The lowest BCUT2D eigenvalue weighted by molar-refractivity contribution is 0.414. The zero-order chi connectivity index (χ0) is 9.84. The van der Waals surface area contributed by atoms with Gasteiger partial charge in [0.05, 0.1) is 23.9 Å². The molecule has 0 aliphatic rings. The molecule has 0 heterocycles. The second-order valence-corrected chi connectivity index (χ2v) is 2.42. The molecule has 0 bridgehead atoms. The molecule has 1 aromatic rings. The van der Waals surface area contributed by atoms with Crippen LogP contribution in [0.5, 0.6) is 5.75 Å². The minimum atomic E-state index is 0.450. The molecule has 0 atom stereocenters. The minimum Gasteiger partial charge on any atom is -0.497 e. The maximum atomic E-state index is 5.69. The van der Waals surface area contributed by atoms with Crippen molar-refractivity contribution in [1.29, 1.82) is 0 Å². The van der Waals surface area contributed by atoms with Crippen LogP contribution in [0, 0.1) is 24.7 Å². The van der Waals surface area contributed by atoms with Crippen molar-refractivity contribution in [2.24, 2.45) is 0 Å². The fraction of sp³-hybridized carbons (Fsp3) is 0.0909. The predicted octanol–water partition coefficient (Wildman–Crippen LogP) is 1.24.